The smallest absolute Gasteiger partial charge is 0.293 e. The molecule has 3 aliphatic rings. The fourth-order valence-corrected chi connectivity index (χ4v) is 3.51. The maximum Gasteiger partial charge on any atom is 0.293 e. The van der Waals surface area contributed by atoms with E-state index in [1.807, 2.05) is 0 Å². The van der Waals surface area contributed by atoms with Crippen LogP contribution in [-0.4, -0.2) is 37.1 Å². The molecule has 2 aromatic carbocycles. The van der Waals surface area contributed by atoms with Gasteiger partial charge in [0.1, 0.15) is 11.4 Å². The predicted octanol–water partition coefficient (Wildman–Crippen LogP) is 2.82. The monoisotopic (exact) mass is 398 g/mol. The lowest BCUT2D eigenvalue weighted by molar-refractivity contribution is -0.383. The SMILES string of the molecule is CC1c2cccc1c2.COc1cc(N)c([N+](=O)[O-])cc1C(=O)NC1CCNCC1. The highest BCUT2D eigenvalue weighted by Gasteiger charge is 2.23. The number of ether oxygens (including phenoxy) is 1. The van der Waals surface area contributed by atoms with Crippen LogP contribution in [0.3, 0.4) is 0 Å². The van der Waals surface area contributed by atoms with E-state index in [-0.39, 0.29) is 34.6 Å². The number of anilines is 1. The molecule has 8 nitrogen and oxygen atoms in total. The van der Waals surface area contributed by atoms with Crippen LogP contribution < -0.4 is 21.1 Å². The van der Waals surface area contributed by atoms with Gasteiger partial charge in [-0.05, 0) is 37.1 Å². The molecular formula is C21H26N4O4. The van der Waals surface area contributed by atoms with Gasteiger partial charge >= 0.3 is 0 Å². The Morgan fingerprint density at radius 2 is 1.90 bits per heavy atom. The van der Waals surface area contributed by atoms with Gasteiger partial charge in [0.15, 0.2) is 0 Å². The molecule has 0 atom stereocenters. The van der Waals surface area contributed by atoms with Crippen molar-refractivity contribution in [1.29, 1.82) is 0 Å². The summed E-state index contributed by atoms with van der Waals surface area (Å²) in [6.07, 6.45) is 1.65. The molecule has 0 unspecified atom stereocenters. The number of hydrogen-bond acceptors (Lipinski definition) is 6. The number of carbonyl (C=O) groups is 1. The Morgan fingerprint density at radius 1 is 1.24 bits per heavy atom. The van der Waals surface area contributed by atoms with E-state index in [9.17, 15) is 14.9 Å². The molecule has 8 heteroatoms. The number of nitrogens with one attached hydrogen (secondary N) is 2. The highest BCUT2D eigenvalue weighted by molar-refractivity contribution is 5.98. The number of methoxy groups -OCH3 is 1. The first-order chi connectivity index (χ1) is 13.9. The van der Waals surface area contributed by atoms with Crippen LogP contribution in [-0.2, 0) is 0 Å². The molecule has 1 amide bonds. The zero-order valence-corrected chi connectivity index (χ0v) is 16.6. The summed E-state index contributed by atoms with van der Waals surface area (Å²) in [5.74, 6) is 0.575. The van der Waals surface area contributed by atoms with Crippen LogP contribution in [0.4, 0.5) is 11.4 Å². The molecule has 5 rings (SSSR count). The van der Waals surface area contributed by atoms with Crippen LogP contribution in [0.25, 0.3) is 0 Å². The van der Waals surface area contributed by atoms with Crippen LogP contribution >= 0.6 is 0 Å². The highest BCUT2D eigenvalue weighted by Crippen LogP contribution is 2.33. The van der Waals surface area contributed by atoms with E-state index in [4.69, 9.17) is 10.5 Å². The summed E-state index contributed by atoms with van der Waals surface area (Å²) >= 11 is 0. The Kier molecular flexibility index (Phi) is 6.33. The van der Waals surface area contributed by atoms with Crippen molar-refractivity contribution in [2.45, 2.75) is 31.7 Å². The van der Waals surface area contributed by atoms with Crippen molar-refractivity contribution in [2.24, 2.45) is 0 Å². The Bertz CT molecular complexity index is 883. The molecule has 4 N–H and O–H groups in total. The van der Waals surface area contributed by atoms with E-state index in [0.717, 1.165) is 37.9 Å². The normalized spacial score (nSPS) is 15.5. The molecule has 154 valence electrons. The molecule has 1 heterocycles. The zero-order chi connectivity index (χ0) is 21.0. The van der Waals surface area contributed by atoms with Crippen LogP contribution in [0, 0.1) is 10.1 Å². The number of amides is 1. The number of nitrogens with zero attached hydrogens (tertiary/aromatic N) is 1. The van der Waals surface area contributed by atoms with Gasteiger partial charge in [0.2, 0.25) is 0 Å². The van der Waals surface area contributed by atoms with Gasteiger partial charge in [0.05, 0.1) is 17.6 Å². The molecule has 1 saturated heterocycles. The van der Waals surface area contributed by atoms with Gasteiger partial charge in [-0.2, -0.15) is 0 Å². The van der Waals surface area contributed by atoms with E-state index < -0.39 is 4.92 Å². The van der Waals surface area contributed by atoms with Crippen LogP contribution in [0.5, 0.6) is 5.75 Å². The van der Waals surface area contributed by atoms with E-state index in [1.165, 1.54) is 24.3 Å². The van der Waals surface area contributed by atoms with E-state index in [0.29, 0.717) is 0 Å². The Morgan fingerprint density at radius 3 is 2.38 bits per heavy atom. The number of nitro benzene ring substituents is 1. The van der Waals surface area contributed by atoms with Crippen LogP contribution in [0.1, 0.15) is 47.2 Å². The molecule has 29 heavy (non-hydrogen) atoms. The lowest BCUT2D eigenvalue weighted by Crippen LogP contribution is -2.42. The number of piperidine rings is 1. The summed E-state index contributed by atoms with van der Waals surface area (Å²) in [5, 5.41) is 17.0. The van der Waals surface area contributed by atoms with Crippen molar-refractivity contribution in [3.05, 3.63) is 63.2 Å². The van der Waals surface area contributed by atoms with Gasteiger partial charge in [-0.1, -0.05) is 31.2 Å². The molecular weight excluding hydrogens is 372 g/mol. The number of hydrogen-bond donors (Lipinski definition) is 3. The molecule has 1 aliphatic heterocycles. The summed E-state index contributed by atoms with van der Waals surface area (Å²) in [4.78, 5) is 22.6. The second-order valence-electron chi connectivity index (χ2n) is 7.26. The highest BCUT2D eigenvalue weighted by atomic mass is 16.6. The second kappa shape index (κ2) is 8.91. The maximum atomic E-state index is 12.3. The third kappa shape index (κ3) is 4.65. The minimum atomic E-state index is -0.615. The van der Waals surface area contributed by atoms with Gasteiger partial charge in [-0.25, -0.2) is 0 Å². The first-order valence-electron chi connectivity index (χ1n) is 9.64. The van der Waals surface area contributed by atoms with Gasteiger partial charge < -0.3 is 21.1 Å². The largest absolute Gasteiger partial charge is 0.496 e. The van der Waals surface area contributed by atoms with Crippen LogP contribution in [0.15, 0.2) is 36.4 Å². The fraction of sp³-hybridized carbons (Fsp3) is 0.381. The van der Waals surface area contributed by atoms with Gasteiger partial charge in [0.25, 0.3) is 11.6 Å². The minimum Gasteiger partial charge on any atom is -0.496 e. The average molecular weight is 398 g/mol. The molecule has 0 aromatic heterocycles. The van der Waals surface area contributed by atoms with Crippen molar-refractivity contribution in [3.63, 3.8) is 0 Å². The van der Waals surface area contributed by atoms with E-state index in [1.54, 1.807) is 0 Å². The van der Waals surface area contributed by atoms with Crippen molar-refractivity contribution >= 4 is 17.3 Å². The molecule has 0 saturated carbocycles. The number of nitrogens with two attached hydrogens (primary N) is 1. The molecule has 0 radical (unpaired) electrons. The van der Waals surface area contributed by atoms with Crippen molar-refractivity contribution < 1.29 is 14.5 Å². The summed E-state index contributed by atoms with van der Waals surface area (Å²) < 4.78 is 5.10. The Balaban J connectivity index is 0.000000246. The first-order valence-corrected chi connectivity index (χ1v) is 9.64. The van der Waals surface area contributed by atoms with Crippen molar-refractivity contribution in [1.82, 2.24) is 10.6 Å². The fourth-order valence-electron chi connectivity index (χ4n) is 3.51. The summed E-state index contributed by atoms with van der Waals surface area (Å²) in [5.41, 5.74) is 8.36. The topological polar surface area (TPSA) is 120 Å². The lowest BCUT2D eigenvalue weighted by atomic mass is 9.82. The maximum absolute atomic E-state index is 12.3. The quantitative estimate of drug-likeness (QED) is 0.414. The van der Waals surface area contributed by atoms with E-state index in [2.05, 4.69) is 41.8 Å². The summed E-state index contributed by atoms with van der Waals surface area (Å²) in [6, 6.07) is 11.2. The Labute approximate surface area is 169 Å². The number of rotatable bonds is 4. The lowest BCUT2D eigenvalue weighted by Gasteiger charge is -2.24. The first kappa shape index (κ1) is 20.6. The zero-order valence-electron chi connectivity index (χ0n) is 16.6. The number of nitrogen functional groups attached to an aromatic ring is 1. The number of carbonyl (C=O) groups excluding carboxylic acids is 1. The Hall–Kier alpha value is -3.13. The number of nitro groups is 1. The second-order valence-corrected chi connectivity index (χ2v) is 7.26. The van der Waals surface area contributed by atoms with E-state index >= 15 is 0 Å². The summed E-state index contributed by atoms with van der Waals surface area (Å²) in [6.45, 7) is 3.92. The third-order valence-electron chi connectivity index (χ3n) is 5.38. The molecule has 1 fully saturated rings. The average Bonchev–Trinajstić information content (AvgIpc) is 2.74. The summed E-state index contributed by atoms with van der Waals surface area (Å²) in [7, 11) is 1.39. The predicted molar refractivity (Wildman–Crippen MR) is 111 cm³/mol. The standard InChI is InChI=1S/C13H18N4O4.C8H8/c1-21-12-7-10(14)11(17(19)20)6-9(12)13(18)16-8-2-4-15-5-3-8;1-6-7-3-2-4-8(6)5-7/h6-8,15H,2-5,14H2,1H3,(H,16,18);2-6H,1H3. The van der Waals surface area contributed by atoms with Gasteiger partial charge in [-0.15, -0.1) is 0 Å². The number of benzene rings is 2. The minimum absolute atomic E-state index is 0.0322. The molecule has 2 aromatic rings. The van der Waals surface area contributed by atoms with Crippen LogP contribution in [0.2, 0.25) is 0 Å². The van der Waals surface area contributed by atoms with Gasteiger partial charge in [0, 0.05) is 24.1 Å². The van der Waals surface area contributed by atoms with Crippen molar-refractivity contribution in [3.8, 4) is 5.75 Å². The molecule has 0 spiro atoms. The molecule has 2 bridgehead atoms. The molecule has 2 aliphatic carbocycles. The van der Waals surface area contributed by atoms with Crippen molar-refractivity contribution in [2.75, 3.05) is 25.9 Å². The number of fused-ring (bicyclic) bond motifs is 2. The third-order valence-corrected chi connectivity index (χ3v) is 5.38. The van der Waals surface area contributed by atoms with Gasteiger partial charge in [-0.3, -0.25) is 14.9 Å².